The van der Waals surface area contributed by atoms with Gasteiger partial charge in [-0.2, -0.15) is 13.2 Å². The van der Waals surface area contributed by atoms with Crippen molar-refractivity contribution in [2.24, 2.45) is 0 Å². The van der Waals surface area contributed by atoms with Crippen LogP contribution in [-0.4, -0.2) is 16.7 Å². The van der Waals surface area contributed by atoms with Crippen molar-refractivity contribution in [3.05, 3.63) is 35.4 Å². The molecule has 1 aromatic carbocycles. The minimum Gasteiger partial charge on any atom is -0.486 e. The molecule has 0 amide bonds. The number of carboxylic acids is 1. The molecule has 21 heavy (non-hydrogen) atoms. The third-order valence-electron chi connectivity index (χ3n) is 4.06. The molecule has 0 saturated heterocycles. The first-order valence-electron chi connectivity index (χ1n) is 6.63. The topological polar surface area (TPSA) is 46.5 Å². The van der Waals surface area contributed by atoms with Gasteiger partial charge in [0, 0.05) is 18.1 Å². The van der Waals surface area contributed by atoms with E-state index >= 15 is 0 Å². The smallest absolute Gasteiger partial charge is 0.416 e. The van der Waals surface area contributed by atoms with Crippen LogP contribution in [-0.2, 0) is 11.0 Å². The van der Waals surface area contributed by atoms with Gasteiger partial charge in [-0.1, -0.05) is 6.07 Å². The van der Waals surface area contributed by atoms with E-state index in [4.69, 9.17) is 9.84 Å². The van der Waals surface area contributed by atoms with E-state index in [0.29, 0.717) is 17.6 Å². The molecule has 1 aliphatic carbocycles. The number of ether oxygens (including phenoxy) is 1. The molecule has 1 aliphatic heterocycles. The van der Waals surface area contributed by atoms with E-state index < -0.39 is 23.3 Å². The molecule has 0 bridgehead atoms. The van der Waals surface area contributed by atoms with E-state index in [2.05, 4.69) is 0 Å². The maximum atomic E-state index is 12.8. The van der Waals surface area contributed by atoms with Crippen LogP contribution >= 0.6 is 0 Å². The van der Waals surface area contributed by atoms with Crippen molar-refractivity contribution in [2.75, 3.05) is 0 Å². The Morgan fingerprint density at radius 2 is 2.05 bits per heavy atom. The van der Waals surface area contributed by atoms with Crippen LogP contribution in [0.5, 0.6) is 5.75 Å². The van der Waals surface area contributed by atoms with E-state index in [-0.39, 0.29) is 5.75 Å². The lowest BCUT2D eigenvalue weighted by atomic mass is 9.72. The van der Waals surface area contributed by atoms with Crippen molar-refractivity contribution < 1.29 is 27.8 Å². The summed E-state index contributed by atoms with van der Waals surface area (Å²) < 4.78 is 44.1. The Bertz CT molecular complexity index is 628. The predicted octanol–water partition coefficient (Wildman–Crippen LogP) is 3.88. The van der Waals surface area contributed by atoms with Gasteiger partial charge in [0.05, 0.1) is 5.56 Å². The zero-order valence-corrected chi connectivity index (χ0v) is 11.0. The third kappa shape index (κ3) is 2.50. The van der Waals surface area contributed by atoms with Crippen LogP contribution in [0.15, 0.2) is 24.3 Å². The Kier molecular flexibility index (Phi) is 3.00. The summed E-state index contributed by atoms with van der Waals surface area (Å²) in [6.45, 7) is 0. The van der Waals surface area contributed by atoms with Crippen LogP contribution in [0.4, 0.5) is 13.2 Å². The zero-order chi connectivity index (χ0) is 15.3. The van der Waals surface area contributed by atoms with Gasteiger partial charge < -0.3 is 9.84 Å². The summed E-state index contributed by atoms with van der Waals surface area (Å²) in [6.07, 6.45) is -0.542. The number of rotatable bonds is 1. The monoisotopic (exact) mass is 298 g/mol. The fourth-order valence-corrected chi connectivity index (χ4v) is 2.89. The standard InChI is InChI=1S/C15H13F3O3/c16-15(17,18)10-2-3-11-9(6-13(19)20)8-14(4-1-5-14)21-12(11)7-10/h2-3,6-7H,1,4-5,8H2,(H,19,20)/b9-6+. The second-order valence-corrected chi connectivity index (χ2v) is 5.53. The normalized spacial score (nSPS) is 21.6. The molecular formula is C15H13F3O3. The summed E-state index contributed by atoms with van der Waals surface area (Å²) in [6, 6.07) is 3.21. The van der Waals surface area contributed by atoms with Crippen molar-refractivity contribution in [3.63, 3.8) is 0 Å². The number of fused-ring (bicyclic) bond motifs is 1. The molecule has 1 spiro atoms. The highest BCUT2D eigenvalue weighted by Gasteiger charge is 2.44. The lowest BCUT2D eigenvalue weighted by molar-refractivity contribution is -0.138. The van der Waals surface area contributed by atoms with Crippen LogP contribution < -0.4 is 4.74 Å². The Morgan fingerprint density at radius 1 is 1.33 bits per heavy atom. The Balaban J connectivity index is 2.08. The van der Waals surface area contributed by atoms with Gasteiger partial charge in [0.1, 0.15) is 11.4 Å². The van der Waals surface area contributed by atoms with Crippen LogP contribution in [0, 0.1) is 0 Å². The number of carbonyl (C=O) groups is 1. The minimum absolute atomic E-state index is 0.128. The third-order valence-corrected chi connectivity index (χ3v) is 4.06. The molecule has 1 fully saturated rings. The molecule has 0 aromatic heterocycles. The number of benzene rings is 1. The largest absolute Gasteiger partial charge is 0.486 e. The fraction of sp³-hybridized carbons (Fsp3) is 0.400. The second-order valence-electron chi connectivity index (χ2n) is 5.53. The van der Waals surface area contributed by atoms with E-state index in [1.807, 2.05) is 0 Å². The van der Waals surface area contributed by atoms with Gasteiger partial charge in [-0.3, -0.25) is 0 Å². The fourth-order valence-electron chi connectivity index (χ4n) is 2.89. The molecule has 0 radical (unpaired) electrons. The summed E-state index contributed by atoms with van der Waals surface area (Å²) >= 11 is 0. The molecule has 2 aliphatic rings. The minimum atomic E-state index is -4.45. The van der Waals surface area contributed by atoms with Crippen LogP contribution in [0.1, 0.15) is 36.8 Å². The summed E-state index contributed by atoms with van der Waals surface area (Å²) in [5, 5.41) is 8.94. The molecule has 0 unspecified atom stereocenters. The van der Waals surface area contributed by atoms with Gasteiger partial charge in [-0.05, 0) is 37.0 Å². The molecule has 3 nitrogen and oxygen atoms in total. The molecular weight excluding hydrogens is 285 g/mol. The van der Waals surface area contributed by atoms with E-state index in [9.17, 15) is 18.0 Å². The van der Waals surface area contributed by atoms with Gasteiger partial charge in [0.25, 0.3) is 0 Å². The second kappa shape index (κ2) is 4.51. The van der Waals surface area contributed by atoms with Gasteiger partial charge in [0.15, 0.2) is 0 Å². The van der Waals surface area contributed by atoms with E-state index in [1.165, 1.54) is 6.07 Å². The van der Waals surface area contributed by atoms with Crippen molar-refractivity contribution in [1.82, 2.24) is 0 Å². The molecule has 112 valence electrons. The van der Waals surface area contributed by atoms with Crippen molar-refractivity contribution in [3.8, 4) is 5.75 Å². The van der Waals surface area contributed by atoms with Gasteiger partial charge >= 0.3 is 12.1 Å². The predicted molar refractivity (Wildman–Crippen MR) is 68.9 cm³/mol. The van der Waals surface area contributed by atoms with Crippen LogP contribution in [0.3, 0.4) is 0 Å². The highest BCUT2D eigenvalue weighted by Crippen LogP contribution is 2.50. The average molecular weight is 298 g/mol. The molecule has 6 heteroatoms. The first-order valence-corrected chi connectivity index (χ1v) is 6.63. The number of carboxylic acid groups (broad SMARTS) is 1. The van der Waals surface area contributed by atoms with Crippen molar-refractivity contribution in [2.45, 2.75) is 37.5 Å². The highest BCUT2D eigenvalue weighted by molar-refractivity contribution is 5.91. The maximum Gasteiger partial charge on any atom is 0.416 e. The first-order chi connectivity index (χ1) is 9.79. The van der Waals surface area contributed by atoms with Gasteiger partial charge in [0.2, 0.25) is 0 Å². The molecule has 1 aromatic rings. The average Bonchev–Trinajstić information content (AvgIpc) is 2.34. The number of alkyl halides is 3. The van der Waals surface area contributed by atoms with Crippen molar-refractivity contribution in [1.29, 1.82) is 0 Å². The summed E-state index contributed by atoms with van der Waals surface area (Å²) in [5.41, 5.74) is -0.356. The number of hydrogen-bond acceptors (Lipinski definition) is 2. The van der Waals surface area contributed by atoms with Crippen LogP contribution in [0.2, 0.25) is 0 Å². The molecule has 3 rings (SSSR count). The van der Waals surface area contributed by atoms with Gasteiger partial charge in [-0.15, -0.1) is 0 Å². The Morgan fingerprint density at radius 3 is 2.57 bits per heavy atom. The Labute approximate surface area is 119 Å². The number of aliphatic carboxylic acids is 1. The highest BCUT2D eigenvalue weighted by atomic mass is 19.4. The molecule has 1 saturated carbocycles. The SMILES string of the molecule is O=C(O)/C=C1\CC2(CCC2)Oc2cc(C(F)(F)F)ccc21. The maximum absolute atomic E-state index is 12.8. The van der Waals surface area contributed by atoms with E-state index in [0.717, 1.165) is 37.5 Å². The summed E-state index contributed by atoms with van der Waals surface area (Å²) in [5.74, 6) is -0.976. The number of halogens is 3. The summed E-state index contributed by atoms with van der Waals surface area (Å²) in [4.78, 5) is 10.9. The van der Waals surface area contributed by atoms with E-state index in [1.54, 1.807) is 0 Å². The zero-order valence-electron chi connectivity index (χ0n) is 11.0. The van der Waals surface area contributed by atoms with Crippen LogP contribution in [0.25, 0.3) is 5.57 Å². The number of hydrogen-bond donors (Lipinski definition) is 1. The Hall–Kier alpha value is -1.98. The molecule has 1 N–H and O–H groups in total. The lowest BCUT2D eigenvalue weighted by Crippen LogP contribution is -2.45. The lowest BCUT2D eigenvalue weighted by Gasteiger charge is -2.46. The van der Waals surface area contributed by atoms with Crippen molar-refractivity contribution >= 4 is 11.5 Å². The summed E-state index contributed by atoms with van der Waals surface area (Å²) in [7, 11) is 0. The quantitative estimate of drug-likeness (QED) is 0.800. The first kappa shape index (κ1) is 14.0. The molecule has 0 atom stereocenters. The van der Waals surface area contributed by atoms with Gasteiger partial charge in [-0.25, -0.2) is 4.79 Å². The molecule has 1 heterocycles.